The van der Waals surface area contributed by atoms with Gasteiger partial charge in [0.15, 0.2) is 0 Å². The minimum absolute atomic E-state index is 0.125. The molecule has 1 unspecified atom stereocenters. The smallest absolute Gasteiger partial charge is 0.0613 e. The van der Waals surface area contributed by atoms with Crippen LogP contribution in [0.2, 0.25) is 0 Å². The largest absolute Gasteiger partial charge is 0.272 e. The molecule has 1 fully saturated rings. The lowest BCUT2D eigenvalue weighted by atomic mass is 9.89. The van der Waals surface area contributed by atoms with Gasteiger partial charge in [0.1, 0.15) is 0 Å². The van der Waals surface area contributed by atoms with Crippen LogP contribution in [0.15, 0.2) is 12.4 Å². The summed E-state index contributed by atoms with van der Waals surface area (Å²) in [6.45, 7) is 3.18. The maximum absolute atomic E-state index is 6.19. The first-order chi connectivity index (χ1) is 7.79. The van der Waals surface area contributed by atoms with E-state index in [-0.39, 0.29) is 5.38 Å². The lowest BCUT2D eigenvalue weighted by Gasteiger charge is -2.21. The van der Waals surface area contributed by atoms with Gasteiger partial charge in [0.2, 0.25) is 0 Å². The monoisotopic (exact) mass is 240 g/mol. The summed E-state index contributed by atoms with van der Waals surface area (Å²) in [6.07, 6.45) is 12.0. The Morgan fingerprint density at radius 3 is 2.88 bits per heavy atom. The number of halogens is 1. The number of alkyl halides is 1. The average molecular weight is 241 g/mol. The van der Waals surface area contributed by atoms with Gasteiger partial charge in [0.05, 0.1) is 11.6 Å². The lowest BCUT2D eigenvalue weighted by molar-refractivity contribution is 0.308. The molecule has 0 spiro atoms. The standard InChI is InChI=1S/C13H21ClN2/c1-2-13(14)12-8-15-16(10-12)9-11-6-4-3-5-7-11/h8,10-11,13H,2-7,9H2,1H3. The van der Waals surface area contributed by atoms with Crippen LogP contribution in [0.4, 0.5) is 0 Å². The molecule has 1 aliphatic carbocycles. The molecular formula is C13H21ClN2. The van der Waals surface area contributed by atoms with Gasteiger partial charge >= 0.3 is 0 Å². The number of hydrogen-bond donors (Lipinski definition) is 0. The fraction of sp³-hybridized carbons (Fsp3) is 0.769. The molecule has 16 heavy (non-hydrogen) atoms. The number of nitrogens with zero attached hydrogens (tertiary/aromatic N) is 2. The quantitative estimate of drug-likeness (QED) is 0.723. The maximum atomic E-state index is 6.19. The van der Waals surface area contributed by atoms with Gasteiger partial charge in [-0.1, -0.05) is 26.2 Å². The van der Waals surface area contributed by atoms with Gasteiger partial charge in [0, 0.05) is 18.3 Å². The maximum Gasteiger partial charge on any atom is 0.0613 e. The Labute approximate surface area is 103 Å². The molecule has 0 amide bonds. The molecule has 1 heterocycles. The number of aromatic nitrogens is 2. The van der Waals surface area contributed by atoms with Crippen molar-refractivity contribution in [1.82, 2.24) is 9.78 Å². The molecule has 2 nitrogen and oxygen atoms in total. The summed E-state index contributed by atoms with van der Waals surface area (Å²) < 4.78 is 2.08. The predicted octanol–water partition coefficient (Wildman–Crippen LogP) is 4.15. The van der Waals surface area contributed by atoms with Crippen LogP contribution < -0.4 is 0 Å². The molecule has 1 saturated carbocycles. The van der Waals surface area contributed by atoms with Crippen LogP contribution in [-0.2, 0) is 6.54 Å². The van der Waals surface area contributed by atoms with Gasteiger partial charge < -0.3 is 0 Å². The van der Waals surface area contributed by atoms with Crippen molar-refractivity contribution in [2.75, 3.05) is 0 Å². The van der Waals surface area contributed by atoms with Crippen molar-refractivity contribution in [2.24, 2.45) is 5.92 Å². The zero-order valence-electron chi connectivity index (χ0n) is 10.0. The molecule has 0 radical (unpaired) electrons. The van der Waals surface area contributed by atoms with Crippen molar-refractivity contribution in [3.63, 3.8) is 0 Å². The highest BCUT2D eigenvalue weighted by Crippen LogP contribution is 2.26. The second-order valence-corrected chi connectivity index (χ2v) is 5.40. The Kier molecular flexibility index (Phi) is 4.28. The minimum Gasteiger partial charge on any atom is -0.272 e. The van der Waals surface area contributed by atoms with Crippen molar-refractivity contribution in [3.05, 3.63) is 18.0 Å². The third-order valence-corrected chi connectivity index (χ3v) is 4.10. The molecule has 1 aromatic rings. The van der Waals surface area contributed by atoms with E-state index in [0.29, 0.717) is 0 Å². The van der Waals surface area contributed by atoms with Crippen LogP contribution >= 0.6 is 11.6 Å². The minimum atomic E-state index is 0.125. The Hall–Kier alpha value is -0.500. The first-order valence-electron chi connectivity index (χ1n) is 6.46. The summed E-state index contributed by atoms with van der Waals surface area (Å²) in [5.41, 5.74) is 1.17. The molecule has 90 valence electrons. The molecule has 1 atom stereocenters. The molecule has 2 rings (SSSR count). The average Bonchev–Trinajstić information content (AvgIpc) is 2.78. The van der Waals surface area contributed by atoms with Crippen LogP contribution in [0.1, 0.15) is 56.4 Å². The first-order valence-corrected chi connectivity index (χ1v) is 6.89. The van der Waals surface area contributed by atoms with E-state index in [1.807, 2.05) is 6.20 Å². The second-order valence-electron chi connectivity index (χ2n) is 4.88. The third kappa shape index (κ3) is 3.00. The fourth-order valence-corrected chi connectivity index (χ4v) is 2.62. The highest BCUT2D eigenvalue weighted by molar-refractivity contribution is 6.20. The molecule has 1 aliphatic rings. The second kappa shape index (κ2) is 5.72. The topological polar surface area (TPSA) is 17.8 Å². The molecule has 3 heteroatoms. The third-order valence-electron chi connectivity index (χ3n) is 3.54. The zero-order valence-corrected chi connectivity index (χ0v) is 10.8. The SMILES string of the molecule is CCC(Cl)c1cnn(CC2CCCCC2)c1. The number of hydrogen-bond acceptors (Lipinski definition) is 1. The Morgan fingerprint density at radius 2 is 2.19 bits per heavy atom. The Bertz CT molecular complexity index is 315. The van der Waals surface area contributed by atoms with E-state index >= 15 is 0 Å². The van der Waals surface area contributed by atoms with Gasteiger partial charge in [0.25, 0.3) is 0 Å². The van der Waals surface area contributed by atoms with Crippen LogP contribution in [0, 0.1) is 5.92 Å². The zero-order chi connectivity index (χ0) is 11.4. The van der Waals surface area contributed by atoms with Gasteiger partial charge in [-0.3, -0.25) is 4.68 Å². The van der Waals surface area contributed by atoms with Crippen molar-refractivity contribution in [2.45, 2.75) is 57.4 Å². The van der Waals surface area contributed by atoms with E-state index < -0.39 is 0 Å². The molecule has 0 bridgehead atoms. The van der Waals surface area contributed by atoms with Gasteiger partial charge in [-0.15, -0.1) is 11.6 Å². The summed E-state index contributed by atoms with van der Waals surface area (Å²) in [5, 5.41) is 4.54. The highest BCUT2D eigenvalue weighted by Gasteiger charge is 2.15. The van der Waals surface area contributed by atoms with Crippen LogP contribution in [0.3, 0.4) is 0 Å². The molecule has 0 aliphatic heterocycles. The van der Waals surface area contributed by atoms with E-state index in [0.717, 1.165) is 18.9 Å². The first kappa shape index (κ1) is 12.0. The van der Waals surface area contributed by atoms with E-state index in [9.17, 15) is 0 Å². The van der Waals surface area contributed by atoms with Crippen molar-refractivity contribution in [1.29, 1.82) is 0 Å². The van der Waals surface area contributed by atoms with Crippen LogP contribution in [-0.4, -0.2) is 9.78 Å². The lowest BCUT2D eigenvalue weighted by Crippen LogP contribution is -2.14. The van der Waals surface area contributed by atoms with Crippen LogP contribution in [0.5, 0.6) is 0 Å². The summed E-state index contributed by atoms with van der Waals surface area (Å²) in [5.74, 6) is 0.830. The predicted molar refractivity (Wildman–Crippen MR) is 67.7 cm³/mol. The van der Waals surface area contributed by atoms with E-state index in [2.05, 4.69) is 22.9 Å². The summed E-state index contributed by atoms with van der Waals surface area (Å²) in [7, 11) is 0. The Balaban J connectivity index is 1.91. The molecule has 0 aromatic carbocycles. The molecular weight excluding hydrogens is 220 g/mol. The van der Waals surface area contributed by atoms with E-state index in [1.54, 1.807) is 0 Å². The van der Waals surface area contributed by atoms with E-state index in [1.165, 1.54) is 37.7 Å². The fourth-order valence-electron chi connectivity index (χ4n) is 2.51. The molecule has 0 saturated heterocycles. The highest BCUT2D eigenvalue weighted by atomic mass is 35.5. The van der Waals surface area contributed by atoms with Crippen LogP contribution in [0.25, 0.3) is 0 Å². The molecule has 0 N–H and O–H groups in total. The van der Waals surface area contributed by atoms with Gasteiger partial charge in [-0.25, -0.2) is 0 Å². The number of rotatable bonds is 4. The summed E-state index contributed by atoms with van der Waals surface area (Å²) in [4.78, 5) is 0. The van der Waals surface area contributed by atoms with Crippen molar-refractivity contribution in [3.8, 4) is 0 Å². The summed E-state index contributed by atoms with van der Waals surface area (Å²) in [6, 6.07) is 0. The van der Waals surface area contributed by atoms with Gasteiger partial charge in [-0.2, -0.15) is 5.10 Å². The van der Waals surface area contributed by atoms with Crippen molar-refractivity contribution >= 4 is 11.6 Å². The van der Waals surface area contributed by atoms with Crippen molar-refractivity contribution < 1.29 is 0 Å². The Morgan fingerprint density at radius 1 is 1.44 bits per heavy atom. The molecule has 1 aromatic heterocycles. The summed E-state index contributed by atoms with van der Waals surface area (Å²) >= 11 is 6.19. The normalized spacial score (nSPS) is 19.9. The van der Waals surface area contributed by atoms with Gasteiger partial charge in [-0.05, 0) is 25.2 Å². The van der Waals surface area contributed by atoms with E-state index in [4.69, 9.17) is 11.6 Å².